The third-order valence-corrected chi connectivity index (χ3v) is 8.12. The molecule has 10 nitrogen and oxygen atoms in total. The number of carbonyl (C=O) groups is 1. The van der Waals surface area contributed by atoms with Gasteiger partial charge in [-0.15, -0.1) is 0 Å². The highest BCUT2D eigenvalue weighted by atomic mass is 19.1. The highest BCUT2D eigenvalue weighted by molar-refractivity contribution is 5.94. The van der Waals surface area contributed by atoms with Gasteiger partial charge in [-0.05, 0) is 75.3 Å². The van der Waals surface area contributed by atoms with Crippen LogP contribution in [0.4, 0.5) is 15.9 Å². The Bertz CT molecular complexity index is 1900. The number of amides is 1. The molecule has 1 N–H and O–H groups in total. The molecule has 1 aromatic carbocycles. The van der Waals surface area contributed by atoms with Gasteiger partial charge in [0.15, 0.2) is 11.5 Å². The Morgan fingerprint density at radius 3 is 2.71 bits per heavy atom. The molecular formula is C31H27FN8O2. The highest BCUT2D eigenvalue weighted by Crippen LogP contribution is 2.43. The first-order valence-corrected chi connectivity index (χ1v) is 13.9. The molecule has 0 aliphatic carbocycles. The Hall–Kier alpha value is -5.11. The molecular weight excluding hydrogens is 535 g/mol. The maximum absolute atomic E-state index is 15.4. The van der Waals surface area contributed by atoms with E-state index in [0.717, 1.165) is 36.9 Å². The average Bonchev–Trinajstić information content (AvgIpc) is 3.56. The van der Waals surface area contributed by atoms with Crippen LogP contribution >= 0.6 is 0 Å². The second-order valence-electron chi connectivity index (χ2n) is 10.7. The van der Waals surface area contributed by atoms with Crippen LogP contribution in [0, 0.1) is 24.6 Å². The molecule has 6 heterocycles. The second kappa shape index (κ2) is 10.4. The number of fused-ring (bicyclic) bond motifs is 4. The highest BCUT2D eigenvalue weighted by Gasteiger charge is 2.43. The van der Waals surface area contributed by atoms with Crippen molar-refractivity contribution in [3.8, 4) is 23.3 Å². The topological polar surface area (TPSA) is 110 Å². The van der Waals surface area contributed by atoms with Crippen LogP contribution in [0.5, 0.6) is 11.5 Å². The molecule has 7 rings (SSSR count). The van der Waals surface area contributed by atoms with Gasteiger partial charge in [0.25, 0.3) is 5.91 Å². The van der Waals surface area contributed by atoms with Crippen molar-refractivity contribution in [3.05, 3.63) is 72.3 Å². The van der Waals surface area contributed by atoms with Crippen molar-refractivity contribution in [2.24, 2.45) is 0 Å². The van der Waals surface area contributed by atoms with Gasteiger partial charge in [0.1, 0.15) is 35.5 Å². The maximum Gasteiger partial charge on any atom is 0.298 e. The molecule has 2 fully saturated rings. The van der Waals surface area contributed by atoms with Crippen molar-refractivity contribution in [1.82, 2.24) is 34.4 Å². The minimum atomic E-state index is -0.495. The average molecular weight is 563 g/mol. The summed E-state index contributed by atoms with van der Waals surface area (Å²) >= 11 is 0. The lowest BCUT2D eigenvalue weighted by Crippen LogP contribution is -2.45. The molecule has 42 heavy (non-hydrogen) atoms. The van der Waals surface area contributed by atoms with E-state index >= 15 is 4.39 Å². The van der Waals surface area contributed by atoms with E-state index < -0.39 is 5.82 Å². The molecule has 4 aromatic heterocycles. The predicted octanol–water partition coefficient (Wildman–Crippen LogP) is 5.31. The number of carbonyl (C=O) groups excluding carboxylic acids is 1. The van der Waals surface area contributed by atoms with Crippen LogP contribution in [0.1, 0.15) is 49.8 Å². The number of nitrogens with one attached hydrogen (secondary N) is 1. The number of anilines is 2. The summed E-state index contributed by atoms with van der Waals surface area (Å²) in [5, 5.41) is 7.21. The molecule has 0 radical (unpaired) electrons. The molecule has 1 amide bonds. The van der Waals surface area contributed by atoms with Gasteiger partial charge in [-0.2, -0.15) is 5.10 Å². The van der Waals surface area contributed by atoms with Crippen LogP contribution in [0.15, 0.2) is 55.2 Å². The molecule has 2 saturated heterocycles. The Kier molecular flexibility index (Phi) is 6.38. The van der Waals surface area contributed by atoms with Crippen molar-refractivity contribution in [1.29, 1.82) is 0 Å². The minimum absolute atomic E-state index is 0.0834. The molecule has 0 saturated carbocycles. The van der Waals surface area contributed by atoms with Gasteiger partial charge in [-0.1, -0.05) is 5.92 Å². The van der Waals surface area contributed by atoms with E-state index in [0.29, 0.717) is 34.0 Å². The summed E-state index contributed by atoms with van der Waals surface area (Å²) in [7, 11) is 0. The van der Waals surface area contributed by atoms with Crippen molar-refractivity contribution in [3.63, 3.8) is 0 Å². The summed E-state index contributed by atoms with van der Waals surface area (Å²) in [5.41, 5.74) is 3.77. The Balaban J connectivity index is 1.14. The van der Waals surface area contributed by atoms with Gasteiger partial charge in [0, 0.05) is 42.0 Å². The van der Waals surface area contributed by atoms with Gasteiger partial charge >= 0.3 is 0 Å². The van der Waals surface area contributed by atoms with Gasteiger partial charge in [-0.25, -0.2) is 28.8 Å². The molecule has 0 spiro atoms. The monoisotopic (exact) mass is 562 g/mol. The minimum Gasteiger partial charge on any atom is -0.457 e. The molecule has 2 aliphatic heterocycles. The Morgan fingerprint density at radius 2 is 1.90 bits per heavy atom. The number of hydrogen-bond donors (Lipinski definition) is 1. The van der Waals surface area contributed by atoms with E-state index in [1.54, 1.807) is 35.8 Å². The summed E-state index contributed by atoms with van der Waals surface area (Å²) in [6.45, 7) is 3.54. The van der Waals surface area contributed by atoms with Crippen molar-refractivity contribution in [2.75, 3.05) is 5.32 Å². The SMILES string of the molecule is CC#CC(=O)N1[C@@H]2CC[C@H]1CC(c1ccc3ncnc(Nc4cc(C)c(Oc5ccn6ncnc6c5)cc4F)c3n1)C2. The van der Waals surface area contributed by atoms with Gasteiger partial charge < -0.3 is 15.0 Å². The van der Waals surface area contributed by atoms with E-state index in [4.69, 9.17) is 9.72 Å². The second-order valence-corrected chi connectivity index (χ2v) is 10.7. The number of pyridine rings is 2. The molecule has 11 heteroatoms. The van der Waals surface area contributed by atoms with Crippen LogP contribution in [0.2, 0.25) is 0 Å². The summed E-state index contributed by atoms with van der Waals surface area (Å²) in [4.78, 5) is 32.4. The fourth-order valence-corrected chi connectivity index (χ4v) is 6.18. The van der Waals surface area contributed by atoms with Gasteiger partial charge in [0.2, 0.25) is 0 Å². The van der Waals surface area contributed by atoms with Crippen LogP contribution in [0.3, 0.4) is 0 Å². The first-order valence-electron chi connectivity index (χ1n) is 13.9. The summed E-state index contributed by atoms with van der Waals surface area (Å²) in [6, 6.07) is 10.8. The third-order valence-electron chi connectivity index (χ3n) is 8.12. The van der Waals surface area contributed by atoms with Crippen LogP contribution < -0.4 is 10.1 Å². The van der Waals surface area contributed by atoms with Crippen molar-refractivity contribution < 1.29 is 13.9 Å². The van der Waals surface area contributed by atoms with Gasteiger partial charge in [0.05, 0.1) is 11.2 Å². The molecule has 2 aliphatic rings. The Morgan fingerprint density at radius 1 is 1.07 bits per heavy atom. The third kappa shape index (κ3) is 4.64. The van der Waals surface area contributed by atoms with E-state index in [9.17, 15) is 4.79 Å². The van der Waals surface area contributed by atoms with E-state index in [1.807, 2.05) is 24.0 Å². The quantitative estimate of drug-likeness (QED) is 0.287. The number of nitrogens with zero attached hydrogens (tertiary/aromatic N) is 7. The summed E-state index contributed by atoms with van der Waals surface area (Å²) < 4.78 is 23.0. The number of ether oxygens (including phenoxy) is 1. The fraction of sp³-hybridized carbons (Fsp3) is 0.290. The first kappa shape index (κ1) is 25.8. The van der Waals surface area contributed by atoms with Gasteiger partial charge in [-0.3, -0.25) is 4.79 Å². The lowest BCUT2D eigenvalue weighted by Gasteiger charge is -2.37. The Labute approximate surface area is 241 Å². The predicted molar refractivity (Wildman–Crippen MR) is 154 cm³/mol. The smallest absolute Gasteiger partial charge is 0.298 e. The number of halogens is 1. The number of aryl methyl sites for hydroxylation is 1. The van der Waals surface area contributed by atoms with Crippen LogP contribution in [-0.4, -0.2) is 52.4 Å². The largest absolute Gasteiger partial charge is 0.457 e. The zero-order chi connectivity index (χ0) is 28.8. The zero-order valence-electron chi connectivity index (χ0n) is 23.1. The van der Waals surface area contributed by atoms with E-state index in [1.165, 1.54) is 18.7 Å². The normalized spacial score (nSPS) is 19.5. The van der Waals surface area contributed by atoms with Crippen LogP contribution in [0.25, 0.3) is 16.7 Å². The van der Waals surface area contributed by atoms with Crippen LogP contribution in [-0.2, 0) is 4.79 Å². The van der Waals surface area contributed by atoms with E-state index in [2.05, 4.69) is 37.2 Å². The molecule has 210 valence electrons. The number of aromatic nitrogens is 6. The molecule has 1 unspecified atom stereocenters. The molecule has 5 aromatic rings. The lowest BCUT2D eigenvalue weighted by atomic mass is 9.87. The first-order chi connectivity index (χ1) is 20.5. The summed E-state index contributed by atoms with van der Waals surface area (Å²) in [6.07, 6.45) is 8.26. The number of benzene rings is 1. The van der Waals surface area contributed by atoms with Crippen molar-refractivity contribution >= 4 is 34.1 Å². The molecule has 2 bridgehead atoms. The number of rotatable bonds is 5. The number of hydrogen-bond acceptors (Lipinski definition) is 8. The fourth-order valence-electron chi connectivity index (χ4n) is 6.18. The standard InChI is InChI=1S/C31H27FN8O2/c1-3-4-29(41)40-20-5-6-21(40)13-19(12-20)24-7-8-25-30(37-24)31(35-16-33-25)38-26-11-18(2)27(15-23(26)32)42-22-9-10-39-28(14-22)34-17-36-39/h7-11,14-17,19-21H,5-6,12-13H2,1-2H3,(H,33,35,38)/t19?,20-,21+. The molecule has 3 atom stereocenters. The van der Waals surface area contributed by atoms with Crippen molar-refractivity contribution in [2.45, 2.75) is 57.5 Å². The lowest BCUT2D eigenvalue weighted by molar-refractivity contribution is -0.129. The summed E-state index contributed by atoms with van der Waals surface area (Å²) in [5.74, 6) is 6.40. The van der Waals surface area contributed by atoms with E-state index in [-0.39, 0.29) is 29.6 Å². The maximum atomic E-state index is 15.4. The number of piperidine rings is 1. The zero-order valence-corrected chi connectivity index (χ0v) is 23.1.